The van der Waals surface area contributed by atoms with Crippen LogP contribution in [0.5, 0.6) is 0 Å². The number of allylic oxidation sites excluding steroid dienone is 2. The van der Waals surface area contributed by atoms with Gasteiger partial charge >= 0.3 is 0 Å². The van der Waals surface area contributed by atoms with E-state index < -0.39 is 0 Å². The average molecular weight is 443 g/mol. The third-order valence-electron chi connectivity index (χ3n) is 7.57. The molecule has 0 bridgehead atoms. The molecule has 0 saturated carbocycles. The molecule has 1 aliphatic rings. The molecular formula is C31H42N2. The lowest BCUT2D eigenvalue weighted by Crippen LogP contribution is -2.05. The number of nitrogens with zero attached hydrogens (tertiary/aromatic N) is 2. The van der Waals surface area contributed by atoms with E-state index in [1.165, 1.54) is 62.1 Å². The molecule has 0 spiro atoms. The van der Waals surface area contributed by atoms with E-state index in [-0.39, 0.29) is 0 Å². The molecule has 1 aliphatic heterocycles. The molecular weight excluding hydrogens is 400 g/mol. The van der Waals surface area contributed by atoms with Crippen LogP contribution in [-0.4, -0.2) is 4.70 Å². The fourth-order valence-corrected chi connectivity index (χ4v) is 5.04. The van der Waals surface area contributed by atoms with Crippen LogP contribution in [0.3, 0.4) is 0 Å². The largest absolute Gasteiger partial charge is 0.493 e. The van der Waals surface area contributed by atoms with Gasteiger partial charge in [0.25, 0.3) is 0 Å². The summed E-state index contributed by atoms with van der Waals surface area (Å²) in [6.45, 7) is 17.6. The lowest BCUT2D eigenvalue weighted by atomic mass is 9.90. The maximum Gasteiger partial charge on any atom is 0.211 e. The third kappa shape index (κ3) is 5.05. The quantitative estimate of drug-likeness (QED) is 0.273. The molecule has 0 aromatic heterocycles. The van der Waals surface area contributed by atoms with Crippen molar-refractivity contribution in [2.24, 2.45) is 0 Å². The van der Waals surface area contributed by atoms with Gasteiger partial charge in [-0.3, -0.25) is 0 Å². The van der Waals surface area contributed by atoms with E-state index >= 15 is 0 Å². The van der Waals surface area contributed by atoms with Crippen LogP contribution in [0, 0.1) is 41.5 Å². The Morgan fingerprint density at radius 2 is 0.939 bits per heavy atom. The van der Waals surface area contributed by atoms with E-state index in [2.05, 4.69) is 79.7 Å². The molecule has 0 atom stereocenters. The van der Waals surface area contributed by atoms with E-state index in [4.69, 9.17) is 0 Å². The van der Waals surface area contributed by atoms with Crippen LogP contribution in [0.15, 0.2) is 35.4 Å². The van der Waals surface area contributed by atoms with Crippen LogP contribution in [0.2, 0.25) is 0 Å². The second-order valence-corrected chi connectivity index (χ2v) is 10.00. The summed E-state index contributed by atoms with van der Waals surface area (Å²) in [6, 6.07) is 9.02. The standard InChI is InChI=1S/C31H42N2/c1-9-11-13-15-29-28(14-12-10-2)30(26-16-20(3)24(7)21(4)17-26)33(32)31(29)27-18-22(5)25(8)23(6)19-27/h16-19H,9-15H2,1-8H3. The Morgan fingerprint density at radius 1 is 0.576 bits per heavy atom. The van der Waals surface area contributed by atoms with Gasteiger partial charge < -0.3 is 5.53 Å². The summed E-state index contributed by atoms with van der Waals surface area (Å²) in [6.07, 6.45) is 7.87. The molecule has 33 heavy (non-hydrogen) atoms. The molecule has 0 radical (unpaired) electrons. The molecule has 2 heteroatoms. The van der Waals surface area contributed by atoms with Crippen LogP contribution in [0.1, 0.15) is 103 Å². The summed E-state index contributed by atoms with van der Waals surface area (Å²) in [4.78, 5) is 0. The topological polar surface area (TPSA) is 25.3 Å². The number of unbranched alkanes of at least 4 members (excludes halogenated alkanes) is 3. The SMILES string of the molecule is CCCCCC1=C(c2cc(C)c(C)c(C)c2)[N+](=[N-])C(c2cc(C)c(C)c(C)c2)=C1CCCC. The minimum absolute atomic E-state index is 0.993. The Hall–Kier alpha value is -2.48. The van der Waals surface area contributed by atoms with Crippen molar-refractivity contribution >= 4 is 11.4 Å². The molecule has 3 rings (SSSR count). The summed E-state index contributed by atoms with van der Waals surface area (Å²) in [5.74, 6) is 0. The van der Waals surface area contributed by atoms with E-state index in [9.17, 15) is 5.53 Å². The Labute approximate surface area is 201 Å². The van der Waals surface area contributed by atoms with Crippen LogP contribution < -0.4 is 0 Å². The minimum atomic E-state index is 0.993. The maximum absolute atomic E-state index is 11.8. The summed E-state index contributed by atoms with van der Waals surface area (Å²) in [5.41, 5.74) is 26.5. The molecule has 0 aliphatic carbocycles. The van der Waals surface area contributed by atoms with Crippen molar-refractivity contribution in [3.05, 3.63) is 85.5 Å². The highest BCUT2D eigenvalue weighted by Gasteiger charge is 2.35. The molecule has 0 N–H and O–H groups in total. The highest BCUT2D eigenvalue weighted by molar-refractivity contribution is 5.82. The van der Waals surface area contributed by atoms with E-state index in [1.807, 2.05) is 0 Å². The number of hydrogen-bond donors (Lipinski definition) is 0. The van der Waals surface area contributed by atoms with Crippen LogP contribution in [-0.2, 0) is 0 Å². The molecule has 0 unspecified atom stereocenters. The van der Waals surface area contributed by atoms with Gasteiger partial charge in [0, 0.05) is 22.3 Å². The molecule has 0 amide bonds. The monoisotopic (exact) mass is 442 g/mol. The average Bonchev–Trinajstić information content (AvgIpc) is 3.04. The van der Waals surface area contributed by atoms with Crippen LogP contribution in [0.4, 0.5) is 0 Å². The number of rotatable bonds is 9. The van der Waals surface area contributed by atoms with Gasteiger partial charge in [-0.15, -0.1) is 0 Å². The first kappa shape index (κ1) is 25.1. The van der Waals surface area contributed by atoms with Crippen molar-refractivity contribution < 1.29 is 4.70 Å². The van der Waals surface area contributed by atoms with Gasteiger partial charge in [-0.05, 0) is 125 Å². The van der Waals surface area contributed by atoms with Gasteiger partial charge in [-0.1, -0.05) is 33.1 Å². The first-order valence-electron chi connectivity index (χ1n) is 12.8. The molecule has 2 aromatic rings. The Balaban J connectivity index is 2.25. The summed E-state index contributed by atoms with van der Waals surface area (Å²) in [5, 5.41) is 0. The lowest BCUT2D eigenvalue weighted by Gasteiger charge is -2.14. The first-order chi connectivity index (χ1) is 15.7. The van der Waals surface area contributed by atoms with Gasteiger partial charge in [0.15, 0.2) is 0 Å². The van der Waals surface area contributed by atoms with Gasteiger partial charge in [0.1, 0.15) is 0 Å². The molecule has 0 fully saturated rings. The van der Waals surface area contributed by atoms with Crippen LogP contribution in [0.25, 0.3) is 16.9 Å². The number of hydrogen-bond acceptors (Lipinski definition) is 0. The highest BCUT2D eigenvalue weighted by atomic mass is 15.2. The van der Waals surface area contributed by atoms with Crippen molar-refractivity contribution in [3.63, 3.8) is 0 Å². The van der Waals surface area contributed by atoms with Crippen molar-refractivity contribution in [3.8, 4) is 0 Å². The molecule has 2 nitrogen and oxygen atoms in total. The van der Waals surface area contributed by atoms with E-state index in [0.717, 1.165) is 54.6 Å². The third-order valence-corrected chi connectivity index (χ3v) is 7.57. The molecule has 0 saturated heterocycles. The second kappa shape index (κ2) is 10.6. The fourth-order valence-electron chi connectivity index (χ4n) is 5.04. The van der Waals surface area contributed by atoms with Crippen molar-refractivity contribution in [1.82, 2.24) is 0 Å². The second-order valence-electron chi connectivity index (χ2n) is 10.00. The van der Waals surface area contributed by atoms with Crippen molar-refractivity contribution in [1.29, 1.82) is 0 Å². The number of benzene rings is 2. The van der Waals surface area contributed by atoms with Crippen molar-refractivity contribution in [2.75, 3.05) is 0 Å². The van der Waals surface area contributed by atoms with E-state index in [0.29, 0.717) is 0 Å². The Kier molecular flexibility index (Phi) is 8.10. The maximum atomic E-state index is 11.8. The molecule has 1 heterocycles. The summed E-state index contributed by atoms with van der Waals surface area (Å²) in [7, 11) is 0. The zero-order chi connectivity index (χ0) is 24.3. The summed E-state index contributed by atoms with van der Waals surface area (Å²) >= 11 is 0. The van der Waals surface area contributed by atoms with Gasteiger partial charge in [0.05, 0.1) is 0 Å². The smallest absolute Gasteiger partial charge is 0.211 e. The van der Waals surface area contributed by atoms with Gasteiger partial charge in [-0.2, -0.15) is 0 Å². The highest BCUT2D eigenvalue weighted by Crippen LogP contribution is 2.45. The van der Waals surface area contributed by atoms with Gasteiger partial charge in [-0.25, -0.2) is 4.70 Å². The normalized spacial score (nSPS) is 14.1. The zero-order valence-electron chi connectivity index (χ0n) is 22.2. The predicted octanol–water partition coefficient (Wildman–Crippen LogP) is 9.48. The lowest BCUT2D eigenvalue weighted by molar-refractivity contribution is -0.345. The fraction of sp³-hybridized carbons (Fsp3) is 0.484. The molecule has 2 aromatic carbocycles. The number of aryl methyl sites for hydroxylation is 4. The Morgan fingerprint density at radius 3 is 1.30 bits per heavy atom. The predicted molar refractivity (Wildman–Crippen MR) is 142 cm³/mol. The minimum Gasteiger partial charge on any atom is -0.493 e. The zero-order valence-corrected chi connectivity index (χ0v) is 22.2. The van der Waals surface area contributed by atoms with Crippen LogP contribution >= 0.6 is 0 Å². The van der Waals surface area contributed by atoms with E-state index in [1.54, 1.807) is 0 Å². The summed E-state index contributed by atoms with van der Waals surface area (Å²) < 4.78 is 1.53. The first-order valence-corrected chi connectivity index (χ1v) is 12.8. The Bertz CT molecular complexity index is 1080. The van der Waals surface area contributed by atoms with Gasteiger partial charge in [0.2, 0.25) is 11.4 Å². The molecule has 176 valence electrons. The van der Waals surface area contributed by atoms with Crippen molar-refractivity contribution in [2.45, 2.75) is 100 Å².